The number of nitrogens with zero attached hydrogens (tertiary/aromatic N) is 3. The molecule has 2 aromatic carbocycles. The molecule has 1 N–H and O–H groups in total. The largest absolute Gasteiger partial charge is 0.323 e. The second-order valence-electron chi connectivity index (χ2n) is 6.91. The summed E-state index contributed by atoms with van der Waals surface area (Å²) in [5, 5.41) is 13.7. The number of para-hydroxylation sites is 2. The van der Waals surface area contributed by atoms with Gasteiger partial charge in [-0.2, -0.15) is 0 Å². The van der Waals surface area contributed by atoms with E-state index in [2.05, 4.69) is 5.32 Å². The third-order valence-electron chi connectivity index (χ3n) is 5.10. The van der Waals surface area contributed by atoms with Crippen molar-refractivity contribution in [2.75, 3.05) is 28.2 Å². The first kappa shape index (κ1) is 18.6. The van der Waals surface area contributed by atoms with Crippen LogP contribution in [-0.4, -0.2) is 35.7 Å². The molecule has 0 saturated heterocycles. The van der Waals surface area contributed by atoms with Gasteiger partial charge in [0.1, 0.15) is 6.54 Å². The molecule has 2 aromatic rings. The van der Waals surface area contributed by atoms with E-state index in [4.69, 9.17) is 0 Å². The van der Waals surface area contributed by atoms with Gasteiger partial charge in [-0.25, -0.2) is 0 Å². The number of hydrogen-bond donors (Lipinski definition) is 1. The summed E-state index contributed by atoms with van der Waals surface area (Å²) in [5.41, 5.74) is 2.49. The molecule has 9 heteroatoms. The number of carbonyl (C=O) groups excluding carboxylic acids is 3. The summed E-state index contributed by atoms with van der Waals surface area (Å²) >= 11 is 0. The average molecular weight is 394 g/mol. The highest BCUT2D eigenvalue weighted by Gasteiger charge is 2.29. The molecular formula is C20H18N4O5. The van der Waals surface area contributed by atoms with E-state index >= 15 is 0 Å². The molecule has 2 aliphatic heterocycles. The van der Waals surface area contributed by atoms with E-state index in [1.807, 2.05) is 0 Å². The molecule has 0 bridgehead atoms. The third-order valence-corrected chi connectivity index (χ3v) is 5.10. The number of benzene rings is 2. The molecule has 0 saturated carbocycles. The Bertz CT molecular complexity index is 1040. The van der Waals surface area contributed by atoms with E-state index in [-0.39, 0.29) is 42.8 Å². The second-order valence-corrected chi connectivity index (χ2v) is 6.91. The van der Waals surface area contributed by atoms with Gasteiger partial charge >= 0.3 is 0 Å². The zero-order chi connectivity index (χ0) is 20.5. The molecule has 3 amide bonds. The van der Waals surface area contributed by atoms with Gasteiger partial charge in [-0.05, 0) is 24.1 Å². The first-order valence-corrected chi connectivity index (χ1v) is 9.21. The van der Waals surface area contributed by atoms with Crippen molar-refractivity contribution in [1.82, 2.24) is 0 Å². The lowest BCUT2D eigenvalue weighted by molar-refractivity contribution is -0.384. The van der Waals surface area contributed by atoms with Crippen molar-refractivity contribution in [2.45, 2.75) is 19.3 Å². The molecule has 9 nitrogen and oxygen atoms in total. The minimum absolute atomic E-state index is 0.0404. The van der Waals surface area contributed by atoms with Gasteiger partial charge in [0, 0.05) is 31.5 Å². The Morgan fingerprint density at radius 1 is 1.03 bits per heavy atom. The highest BCUT2D eigenvalue weighted by molar-refractivity contribution is 6.10. The number of hydrogen-bond acceptors (Lipinski definition) is 5. The number of nitrogens with one attached hydrogen (secondary N) is 1. The lowest BCUT2D eigenvalue weighted by atomic mass is 10.1. The van der Waals surface area contributed by atoms with Gasteiger partial charge < -0.3 is 15.1 Å². The van der Waals surface area contributed by atoms with Gasteiger partial charge in [0.05, 0.1) is 22.0 Å². The minimum Gasteiger partial charge on any atom is -0.323 e. The number of amides is 3. The highest BCUT2D eigenvalue weighted by Crippen LogP contribution is 2.33. The van der Waals surface area contributed by atoms with Gasteiger partial charge in [0.25, 0.3) is 5.69 Å². The number of anilines is 3. The Hall–Kier alpha value is -3.75. The minimum atomic E-state index is -0.496. The van der Waals surface area contributed by atoms with Crippen molar-refractivity contribution in [3.63, 3.8) is 0 Å². The van der Waals surface area contributed by atoms with Crippen LogP contribution >= 0.6 is 0 Å². The Morgan fingerprint density at radius 3 is 2.52 bits per heavy atom. The van der Waals surface area contributed by atoms with Gasteiger partial charge in [0.15, 0.2) is 0 Å². The average Bonchev–Trinajstić information content (AvgIpc) is 3.14. The van der Waals surface area contributed by atoms with E-state index in [1.165, 1.54) is 21.9 Å². The fourth-order valence-corrected chi connectivity index (χ4v) is 3.68. The van der Waals surface area contributed by atoms with E-state index in [1.54, 1.807) is 30.3 Å². The maximum absolute atomic E-state index is 12.7. The summed E-state index contributed by atoms with van der Waals surface area (Å²) in [4.78, 5) is 50.7. The summed E-state index contributed by atoms with van der Waals surface area (Å²) in [6.45, 7) is 0.335. The number of carbonyl (C=O) groups is 3. The Morgan fingerprint density at radius 2 is 1.76 bits per heavy atom. The van der Waals surface area contributed by atoms with Crippen molar-refractivity contribution in [3.8, 4) is 0 Å². The first-order valence-electron chi connectivity index (χ1n) is 9.21. The molecule has 0 aromatic heterocycles. The first-order chi connectivity index (χ1) is 13.9. The summed E-state index contributed by atoms with van der Waals surface area (Å²) in [7, 11) is 0. The number of nitro groups is 1. The number of fused-ring (bicyclic) bond motifs is 2. The summed E-state index contributed by atoms with van der Waals surface area (Å²) in [6.07, 6.45) is 0.523. The molecule has 148 valence electrons. The van der Waals surface area contributed by atoms with Crippen LogP contribution in [0, 0.1) is 10.1 Å². The zero-order valence-electron chi connectivity index (χ0n) is 15.5. The third kappa shape index (κ3) is 3.54. The van der Waals surface area contributed by atoms with Crippen molar-refractivity contribution in [1.29, 1.82) is 0 Å². The van der Waals surface area contributed by atoms with Gasteiger partial charge in [0.2, 0.25) is 17.7 Å². The summed E-state index contributed by atoms with van der Waals surface area (Å²) in [6, 6.07) is 11.5. The fourth-order valence-electron chi connectivity index (χ4n) is 3.68. The molecule has 0 fully saturated rings. The SMILES string of the molecule is O=C1CN(C(=O)CCC(=O)N2CCc3ccc([N+](=O)[O-])cc32)c2ccccc2N1. The predicted octanol–water partition coefficient (Wildman–Crippen LogP) is 2.25. The van der Waals surface area contributed by atoms with Crippen LogP contribution in [0.2, 0.25) is 0 Å². The molecule has 29 heavy (non-hydrogen) atoms. The fraction of sp³-hybridized carbons (Fsp3) is 0.250. The maximum atomic E-state index is 12.7. The van der Waals surface area contributed by atoms with E-state index < -0.39 is 4.92 Å². The summed E-state index contributed by atoms with van der Waals surface area (Å²) in [5.74, 6) is -0.879. The lowest BCUT2D eigenvalue weighted by Crippen LogP contribution is -2.42. The molecule has 0 aliphatic carbocycles. The second kappa shape index (κ2) is 7.34. The van der Waals surface area contributed by atoms with Crippen molar-refractivity contribution < 1.29 is 19.3 Å². The number of rotatable bonds is 4. The highest BCUT2D eigenvalue weighted by atomic mass is 16.6. The topological polar surface area (TPSA) is 113 Å². The number of non-ortho nitro benzene ring substituents is 1. The van der Waals surface area contributed by atoms with Crippen LogP contribution in [0.3, 0.4) is 0 Å². The lowest BCUT2D eigenvalue weighted by Gasteiger charge is -2.29. The molecule has 0 atom stereocenters. The van der Waals surface area contributed by atoms with Crippen LogP contribution in [-0.2, 0) is 20.8 Å². The van der Waals surface area contributed by atoms with Crippen LogP contribution in [0.1, 0.15) is 18.4 Å². The van der Waals surface area contributed by atoms with Crippen LogP contribution in [0.15, 0.2) is 42.5 Å². The summed E-state index contributed by atoms with van der Waals surface area (Å²) < 4.78 is 0. The van der Waals surface area contributed by atoms with Gasteiger partial charge in [-0.1, -0.05) is 18.2 Å². The molecule has 2 heterocycles. The van der Waals surface area contributed by atoms with Crippen molar-refractivity contribution in [3.05, 3.63) is 58.1 Å². The Labute approximate surface area is 166 Å². The van der Waals surface area contributed by atoms with Crippen LogP contribution in [0.4, 0.5) is 22.7 Å². The van der Waals surface area contributed by atoms with Crippen molar-refractivity contribution in [2.24, 2.45) is 0 Å². The predicted molar refractivity (Wildman–Crippen MR) is 106 cm³/mol. The Balaban J connectivity index is 1.45. The molecule has 2 aliphatic rings. The number of nitro benzene ring substituents is 1. The van der Waals surface area contributed by atoms with E-state index in [9.17, 15) is 24.5 Å². The molecule has 0 unspecified atom stereocenters. The molecule has 0 spiro atoms. The van der Waals surface area contributed by atoms with E-state index in [0.717, 1.165) is 5.56 Å². The molecule has 4 rings (SSSR count). The normalized spacial score (nSPS) is 14.8. The monoisotopic (exact) mass is 394 g/mol. The van der Waals surface area contributed by atoms with Crippen LogP contribution in [0.25, 0.3) is 0 Å². The van der Waals surface area contributed by atoms with Crippen LogP contribution < -0.4 is 15.1 Å². The maximum Gasteiger partial charge on any atom is 0.271 e. The van der Waals surface area contributed by atoms with Crippen LogP contribution in [0.5, 0.6) is 0 Å². The molecular weight excluding hydrogens is 376 g/mol. The quantitative estimate of drug-likeness (QED) is 0.631. The van der Waals surface area contributed by atoms with E-state index in [0.29, 0.717) is 30.0 Å². The smallest absolute Gasteiger partial charge is 0.271 e. The molecule has 0 radical (unpaired) electrons. The Kier molecular flexibility index (Phi) is 4.71. The standard InChI is InChI=1S/C20H18N4O5/c25-18-12-23(16-4-2-1-3-15(16)21-18)20(27)8-7-19(26)22-10-9-13-5-6-14(24(28)29)11-17(13)22/h1-6,11H,7-10,12H2,(H,21,25). The van der Waals surface area contributed by atoms with Gasteiger partial charge in [-0.15, -0.1) is 0 Å². The zero-order valence-corrected chi connectivity index (χ0v) is 15.5. The van der Waals surface area contributed by atoms with Gasteiger partial charge in [-0.3, -0.25) is 24.5 Å². The van der Waals surface area contributed by atoms with Crippen molar-refractivity contribution >= 4 is 40.5 Å².